The second kappa shape index (κ2) is 9.40. The first-order chi connectivity index (χ1) is 11.6. The van der Waals surface area contributed by atoms with Crippen LogP contribution in [0.2, 0.25) is 10.0 Å². The first kappa shape index (κ1) is 18.4. The number of benzene rings is 2. The minimum Gasteiger partial charge on any atom is -0.495 e. The van der Waals surface area contributed by atoms with Crippen molar-refractivity contribution in [1.29, 1.82) is 0 Å². The van der Waals surface area contributed by atoms with Gasteiger partial charge in [-0.25, -0.2) is 0 Å². The monoisotopic (exact) mass is 366 g/mol. The Kier molecular flexibility index (Phi) is 7.22. The van der Waals surface area contributed by atoms with Crippen LogP contribution in [0.15, 0.2) is 42.5 Å². The van der Waals surface area contributed by atoms with Crippen molar-refractivity contribution in [3.63, 3.8) is 0 Å². The normalized spacial score (nSPS) is 10.3. The van der Waals surface area contributed by atoms with E-state index in [1.807, 2.05) is 30.3 Å². The number of ether oxygens (including phenoxy) is 1. The fourth-order valence-electron chi connectivity index (χ4n) is 2.22. The van der Waals surface area contributed by atoms with Crippen LogP contribution in [-0.4, -0.2) is 26.1 Å². The number of anilines is 1. The summed E-state index contributed by atoms with van der Waals surface area (Å²) in [6.07, 6.45) is 1.15. The number of hydrogen-bond acceptors (Lipinski definition) is 3. The summed E-state index contributed by atoms with van der Waals surface area (Å²) in [5.74, 6) is 0.630. The predicted octanol–water partition coefficient (Wildman–Crippen LogP) is 4.16. The highest BCUT2D eigenvalue weighted by molar-refractivity contribution is 6.32. The minimum absolute atomic E-state index is 0.00383. The fourth-order valence-corrected chi connectivity index (χ4v) is 2.69. The van der Waals surface area contributed by atoms with Gasteiger partial charge in [-0.3, -0.25) is 4.79 Å². The van der Waals surface area contributed by atoms with Crippen LogP contribution in [-0.2, 0) is 11.2 Å². The van der Waals surface area contributed by atoms with Crippen LogP contribution in [0, 0.1) is 0 Å². The molecule has 0 saturated heterocycles. The molecule has 1 amide bonds. The number of halogens is 2. The van der Waals surface area contributed by atoms with Crippen molar-refractivity contribution in [2.45, 2.75) is 12.8 Å². The summed E-state index contributed by atoms with van der Waals surface area (Å²) in [4.78, 5) is 11.8. The van der Waals surface area contributed by atoms with Crippen molar-refractivity contribution < 1.29 is 9.53 Å². The number of methoxy groups -OCH3 is 1. The van der Waals surface area contributed by atoms with Crippen LogP contribution >= 0.6 is 23.2 Å². The van der Waals surface area contributed by atoms with Crippen LogP contribution in [0.4, 0.5) is 5.69 Å². The smallest absolute Gasteiger partial charge is 0.221 e. The summed E-state index contributed by atoms with van der Waals surface area (Å²) in [5.41, 5.74) is 1.96. The molecule has 128 valence electrons. The van der Waals surface area contributed by atoms with E-state index < -0.39 is 0 Å². The first-order valence-electron chi connectivity index (χ1n) is 7.67. The maximum atomic E-state index is 11.8. The lowest BCUT2D eigenvalue weighted by Crippen LogP contribution is -2.27. The van der Waals surface area contributed by atoms with Crippen LogP contribution in [0.1, 0.15) is 12.0 Å². The molecule has 0 aliphatic rings. The maximum Gasteiger partial charge on any atom is 0.221 e. The largest absolute Gasteiger partial charge is 0.495 e. The van der Waals surface area contributed by atoms with Gasteiger partial charge in [0.05, 0.1) is 12.1 Å². The standard InChI is InChI=1S/C18H20Cl2N2O2/c1-24-17-6-5-15(12-16(17)20)21-10-8-18(23)22-9-7-13-3-2-4-14(19)11-13/h2-6,11-12,21H,7-10H2,1H3,(H,22,23). The van der Waals surface area contributed by atoms with Crippen LogP contribution in [0.25, 0.3) is 0 Å². The topological polar surface area (TPSA) is 50.4 Å². The Balaban J connectivity index is 1.67. The molecule has 2 aromatic carbocycles. The van der Waals surface area contributed by atoms with E-state index in [2.05, 4.69) is 10.6 Å². The summed E-state index contributed by atoms with van der Waals surface area (Å²) in [6, 6.07) is 13.1. The van der Waals surface area contributed by atoms with Gasteiger partial charge in [-0.2, -0.15) is 0 Å². The van der Waals surface area contributed by atoms with E-state index in [0.29, 0.717) is 35.3 Å². The third-order valence-electron chi connectivity index (χ3n) is 3.46. The Labute approximate surface area is 152 Å². The molecule has 0 heterocycles. The number of rotatable bonds is 8. The minimum atomic E-state index is 0.00383. The van der Waals surface area contributed by atoms with Gasteiger partial charge in [-0.05, 0) is 42.3 Å². The van der Waals surface area contributed by atoms with E-state index in [4.69, 9.17) is 27.9 Å². The molecule has 6 heteroatoms. The van der Waals surface area contributed by atoms with Crippen molar-refractivity contribution in [3.05, 3.63) is 58.1 Å². The fraction of sp³-hybridized carbons (Fsp3) is 0.278. The first-order valence-corrected chi connectivity index (χ1v) is 8.42. The molecule has 24 heavy (non-hydrogen) atoms. The van der Waals surface area contributed by atoms with Gasteiger partial charge in [0.2, 0.25) is 5.91 Å². The molecule has 4 nitrogen and oxygen atoms in total. The van der Waals surface area contributed by atoms with Crippen molar-refractivity contribution in [2.24, 2.45) is 0 Å². The van der Waals surface area contributed by atoms with Crippen LogP contribution in [0.5, 0.6) is 5.75 Å². The lowest BCUT2D eigenvalue weighted by molar-refractivity contribution is -0.120. The molecule has 0 atom stereocenters. The number of carbonyl (C=O) groups excluding carboxylic acids is 1. The molecule has 0 spiro atoms. The van der Waals surface area contributed by atoms with E-state index in [0.717, 1.165) is 17.7 Å². The van der Waals surface area contributed by atoms with E-state index in [9.17, 15) is 4.79 Å². The van der Waals surface area contributed by atoms with Gasteiger partial charge >= 0.3 is 0 Å². The van der Waals surface area contributed by atoms with Crippen molar-refractivity contribution in [1.82, 2.24) is 5.32 Å². The summed E-state index contributed by atoms with van der Waals surface area (Å²) in [7, 11) is 1.57. The van der Waals surface area contributed by atoms with Gasteiger partial charge in [-0.15, -0.1) is 0 Å². The molecule has 0 unspecified atom stereocenters. The SMILES string of the molecule is COc1ccc(NCCC(=O)NCCc2cccc(Cl)c2)cc1Cl. The summed E-state index contributed by atoms with van der Waals surface area (Å²) in [6.45, 7) is 1.12. The highest BCUT2D eigenvalue weighted by Gasteiger charge is 2.04. The van der Waals surface area contributed by atoms with Crippen LogP contribution < -0.4 is 15.4 Å². The van der Waals surface area contributed by atoms with Gasteiger partial charge in [0, 0.05) is 30.2 Å². The average molecular weight is 367 g/mol. The van der Waals surface area contributed by atoms with Crippen molar-refractivity contribution in [2.75, 3.05) is 25.5 Å². The maximum absolute atomic E-state index is 11.8. The van der Waals surface area contributed by atoms with Crippen molar-refractivity contribution >= 4 is 34.8 Å². The molecular formula is C18H20Cl2N2O2. The van der Waals surface area contributed by atoms with Crippen molar-refractivity contribution in [3.8, 4) is 5.75 Å². The number of carbonyl (C=O) groups is 1. The van der Waals surface area contributed by atoms with E-state index in [1.165, 1.54) is 0 Å². The Morgan fingerprint density at radius 2 is 1.96 bits per heavy atom. The molecule has 0 bridgehead atoms. The molecule has 2 aromatic rings. The van der Waals surface area contributed by atoms with Gasteiger partial charge in [0.25, 0.3) is 0 Å². The summed E-state index contributed by atoms with van der Waals surface area (Å²) >= 11 is 12.0. The zero-order valence-electron chi connectivity index (χ0n) is 13.4. The van der Waals surface area contributed by atoms with Gasteiger partial charge in [0.15, 0.2) is 0 Å². The Morgan fingerprint density at radius 1 is 1.12 bits per heavy atom. The number of hydrogen-bond donors (Lipinski definition) is 2. The molecule has 2 N–H and O–H groups in total. The Morgan fingerprint density at radius 3 is 2.67 bits per heavy atom. The third kappa shape index (κ3) is 5.95. The highest BCUT2D eigenvalue weighted by Crippen LogP contribution is 2.27. The average Bonchev–Trinajstić information content (AvgIpc) is 2.55. The summed E-state index contributed by atoms with van der Waals surface area (Å²) in [5, 5.41) is 7.31. The van der Waals surface area contributed by atoms with Crippen LogP contribution in [0.3, 0.4) is 0 Å². The molecule has 0 saturated carbocycles. The molecular weight excluding hydrogens is 347 g/mol. The van der Waals surface area contributed by atoms with E-state index in [-0.39, 0.29) is 5.91 Å². The quantitative estimate of drug-likeness (QED) is 0.737. The molecule has 2 rings (SSSR count). The lowest BCUT2D eigenvalue weighted by atomic mass is 10.1. The zero-order chi connectivity index (χ0) is 17.4. The molecule has 0 aliphatic heterocycles. The van der Waals surface area contributed by atoms with E-state index >= 15 is 0 Å². The molecule has 0 fully saturated rings. The predicted molar refractivity (Wildman–Crippen MR) is 99.3 cm³/mol. The molecule has 0 aliphatic carbocycles. The highest BCUT2D eigenvalue weighted by atomic mass is 35.5. The third-order valence-corrected chi connectivity index (χ3v) is 3.99. The van der Waals surface area contributed by atoms with Gasteiger partial charge in [0.1, 0.15) is 5.75 Å². The summed E-state index contributed by atoms with van der Waals surface area (Å²) < 4.78 is 5.10. The van der Waals surface area contributed by atoms with E-state index in [1.54, 1.807) is 19.2 Å². The number of amides is 1. The Hall–Kier alpha value is -1.91. The second-order valence-electron chi connectivity index (χ2n) is 5.26. The number of nitrogens with one attached hydrogen (secondary N) is 2. The molecule has 0 aromatic heterocycles. The zero-order valence-corrected chi connectivity index (χ0v) is 15.0. The Bertz CT molecular complexity index is 692. The molecule has 0 radical (unpaired) electrons. The second-order valence-corrected chi connectivity index (χ2v) is 6.10. The van der Waals surface area contributed by atoms with Gasteiger partial charge in [-0.1, -0.05) is 35.3 Å². The van der Waals surface area contributed by atoms with Gasteiger partial charge < -0.3 is 15.4 Å². The lowest BCUT2D eigenvalue weighted by Gasteiger charge is -2.09.